The van der Waals surface area contributed by atoms with E-state index in [4.69, 9.17) is 14.2 Å². The molecule has 1 fully saturated rings. The van der Waals surface area contributed by atoms with Crippen LogP contribution < -0.4 is 9.47 Å². The standard InChI is InChI=1S/C34H39F3O3/c1-3-5-7-21-39-29-17-12-26(32(35)22-29)23-40-28-15-10-25(11-16-28)31-19-18-30(33(36)34(31)37)24-8-13-27(14-9-24)38-20-6-4-2/h3,10-12,15-19,22,24,27H,1,4-9,13-14,20-21,23H2,2H3. The van der Waals surface area contributed by atoms with Gasteiger partial charge >= 0.3 is 0 Å². The highest BCUT2D eigenvalue weighted by atomic mass is 19.2. The van der Waals surface area contributed by atoms with E-state index in [2.05, 4.69) is 13.5 Å². The topological polar surface area (TPSA) is 27.7 Å². The molecule has 1 saturated carbocycles. The fourth-order valence-electron chi connectivity index (χ4n) is 5.08. The zero-order chi connectivity index (χ0) is 28.3. The number of rotatable bonds is 14. The molecule has 4 rings (SSSR count). The molecule has 3 nitrogen and oxygen atoms in total. The second kappa shape index (κ2) is 14.9. The number of hydrogen-bond donors (Lipinski definition) is 0. The molecule has 6 heteroatoms. The number of unbranched alkanes of at least 4 members (excludes halogenated alkanes) is 2. The van der Waals surface area contributed by atoms with E-state index in [1.165, 1.54) is 6.07 Å². The van der Waals surface area contributed by atoms with E-state index >= 15 is 8.78 Å². The van der Waals surface area contributed by atoms with Crippen molar-refractivity contribution in [1.29, 1.82) is 0 Å². The van der Waals surface area contributed by atoms with Gasteiger partial charge in [0.25, 0.3) is 0 Å². The quantitative estimate of drug-likeness (QED) is 0.147. The molecule has 0 heterocycles. The molecular weight excluding hydrogens is 513 g/mol. The molecule has 0 unspecified atom stereocenters. The van der Waals surface area contributed by atoms with Crippen LogP contribution in [0.3, 0.4) is 0 Å². The fourth-order valence-corrected chi connectivity index (χ4v) is 5.08. The van der Waals surface area contributed by atoms with Crippen LogP contribution in [0.25, 0.3) is 11.1 Å². The first-order chi connectivity index (χ1) is 19.5. The molecule has 0 spiro atoms. The van der Waals surface area contributed by atoms with Gasteiger partial charge in [-0.1, -0.05) is 43.7 Å². The molecule has 0 aromatic heterocycles. The first kappa shape index (κ1) is 29.7. The molecule has 0 atom stereocenters. The number of benzene rings is 3. The lowest BCUT2D eigenvalue weighted by Gasteiger charge is -2.29. The Morgan fingerprint density at radius 2 is 1.57 bits per heavy atom. The Bertz CT molecular complexity index is 1230. The van der Waals surface area contributed by atoms with E-state index in [1.807, 2.05) is 6.08 Å². The van der Waals surface area contributed by atoms with E-state index in [0.29, 0.717) is 34.8 Å². The fraction of sp³-hybridized carbons (Fsp3) is 0.412. The highest BCUT2D eigenvalue weighted by Crippen LogP contribution is 2.38. The van der Waals surface area contributed by atoms with E-state index in [-0.39, 0.29) is 24.2 Å². The third-order valence-electron chi connectivity index (χ3n) is 7.48. The summed E-state index contributed by atoms with van der Waals surface area (Å²) in [4.78, 5) is 0. The minimum atomic E-state index is -0.832. The van der Waals surface area contributed by atoms with Gasteiger partial charge < -0.3 is 14.2 Å². The number of halogens is 3. The highest BCUT2D eigenvalue weighted by Gasteiger charge is 2.27. The Labute approximate surface area is 236 Å². The zero-order valence-corrected chi connectivity index (χ0v) is 23.3. The molecule has 3 aromatic carbocycles. The molecule has 3 aromatic rings. The van der Waals surface area contributed by atoms with Gasteiger partial charge in [0, 0.05) is 23.8 Å². The third-order valence-corrected chi connectivity index (χ3v) is 7.48. The Balaban J connectivity index is 1.33. The SMILES string of the molecule is C=CCCCOc1ccc(COc2ccc(-c3ccc(C4CCC(OCCCC)CC4)c(F)c3F)cc2)c(F)c1. The average molecular weight is 553 g/mol. The van der Waals surface area contributed by atoms with Crippen LogP contribution in [0.1, 0.15) is 75.3 Å². The van der Waals surface area contributed by atoms with Gasteiger partial charge in [0.2, 0.25) is 0 Å². The van der Waals surface area contributed by atoms with Crippen LogP contribution in [0.4, 0.5) is 13.2 Å². The molecule has 1 aliphatic rings. The summed E-state index contributed by atoms with van der Waals surface area (Å²) >= 11 is 0. The second-order valence-corrected chi connectivity index (χ2v) is 10.4. The summed E-state index contributed by atoms with van der Waals surface area (Å²) in [5.74, 6) is -1.03. The Kier molecular flexibility index (Phi) is 11.1. The van der Waals surface area contributed by atoms with Crippen LogP contribution in [0.2, 0.25) is 0 Å². The Morgan fingerprint density at radius 3 is 2.27 bits per heavy atom. The molecule has 0 bridgehead atoms. The van der Waals surface area contributed by atoms with Crippen LogP contribution >= 0.6 is 0 Å². The first-order valence-corrected chi connectivity index (χ1v) is 14.3. The summed E-state index contributed by atoms with van der Waals surface area (Å²) in [5, 5.41) is 0. The first-order valence-electron chi connectivity index (χ1n) is 14.3. The summed E-state index contributed by atoms with van der Waals surface area (Å²) in [7, 11) is 0. The zero-order valence-electron chi connectivity index (χ0n) is 23.3. The maximum absolute atomic E-state index is 15.2. The minimum absolute atomic E-state index is 0.00336. The molecule has 1 aliphatic carbocycles. The van der Waals surface area contributed by atoms with Crippen LogP contribution in [0.5, 0.6) is 11.5 Å². The summed E-state index contributed by atoms with van der Waals surface area (Å²) < 4.78 is 62.0. The predicted molar refractivity (Wildman–Crippen MR) is 153 cm³/mol. The molecular formula is C34H39F3O3. The normalized spacial score (nSPS) is 17.0. The van der Waals surface area contributed by atoms with Crippen molar-refractivity contribution in [2.24, 2.45) is 0 Å². The van der Waals surface area contributed by atoms with Gasteiger partial charge in [0.1, 0.15) is 23.9 Å². The molecule has 0 amide bonds. The summed E-state index contributed by atoms with van der Waals surface area (Å²) in [6, 6.07) is 14.8. The van der Waals surface area contributed by atoms with Gasteiger partial charge in [0.05, 0.1) is 12.7 Å². The van der Waals surface area contributed by atoms with Gasteiger partial charge in [-0.2, -0.15) is 0 Å². The maximum atomic E-state index is 15.2. The van der Waals surface area contributed by atoms with Gasteiger partial charge in [-0.25, -0.2) is 13.2 Å². The molecule has 214 valence electrons. The largest absolute Gasteiger partial charge is 0.493 e. The average Bonchev–Trinajstić information content (AvgIpc) is 2.97. The Morgan fingerprint density at radius 1 is 0.825 bits per heavy atom. The molecule has 0 aliphatic heterocycles. The highest BCUT2D eigenvalue weighted by molar-refractivity contribution is 5.65. The smallest absolute Gasteiger partial charge is 0.166 e. The number of allylic oxidation sites excluding steroid dienone is 1. The lowest BCUT2D eigenvalue weighted by atomic mass is 9.82. The van der Waals surface area contributed by atoms with Crippen molar-refractivity contribution >= 4 is 0 Å². The van der Waals surface area contributed by atoms with Gasteiger partial charge in [-0.05, 0) is 86.3 Å². The molecule has 0 radical (unpaired) electrons. The monoisotopic (exact) mass is 552 g/mol. The maximum Gasteiger partial charge on any atom is 0.166 e. The van der Waals surface area contributed by atoms with Crippen molar-refractivity contribution in [2.75, 3.05) is 13.2 Å². The van der Waals surface area contributed by atoms with Crippen LogP contribution in [0.15, 0.2) is 67.3 Å². The van der Waals surface area contributed by atoms with E-state index < -0.39 is 17.5 Å². The lowest BCUT2D eigenvalue weighted by Crippen LogP contribution is -2.22. The third kappa shape index (κ3) is 7.91. The summed E-state index contributed by atoms with van der Waals surface area (Å²) in [6.07, 6.45) is 9.19. The Hall–Kier alpha value is -3.25. The van der Waals surface area contributed by atoms with Crippen molar-refractivity contribution in [2.45, 2.75) is 76.9 Å². The van der Waals surface area contributed by atoms with Crippen LogP contribution in [0, 0.1) is 17.5 Å². The number of hydrogen-bond acceptors (Lipinski definition) is 3. The van der Waals surface area contributed by atoms with Crippen molar-refractivity contribution in [3.05, 3.63) is 95.8 Å². The molecule has 40 heavy (non-hydrogen) atoms. The second-order valence-electron chi connectivity index (χ2n) is 10.4. The van der Waals surface area contributed by atoms with E-state index in [1.54, 1.807) is 48.5 Å². The number of ether oxygens (including phenoxy) is 3. The molecule has 0 saturated heterocycles. The van der Waals surface area contributed by atoms with Gasteiger partial charge in [-0.3, -0.25) is 0 Å². The van der Waals surface area contributed by atoms with Crippen molar-refractivity contribution in [3.8, 4) is 22.6 Å². The predicted octanol–water partition coefficient (Wildman–Crippen LogP) is 9.54. The van der Waals surface area contributed by atoms with E-state index in [0.717, 1.165) is 58.0 Å². The van der Waals surface area contributed by atoms with Crippen molar-refractivity contribution < 1.29 is 27.4 Å². The van der Waals surface area contributed by atoms with Crippen LogP contribution in [-0.4, -0.2) is 19.3 Å². The summed E-state index contributed by atoms with van der Waals surface area (Å²) in [5.41, 5.74) is 1.60. The van der Waals surface area contributed by atoms with E-state index in [9.17, 15) is 4.39 Å². The van der Waals surface area contributed by atoms with Crippen molar-refractivity contribution in [1.82, 2.24) is 0 Å². The molecule has 0 N–H and O–H groups in total. The van der Waals surface area contributed by atoms with Gasteiger partial charge in [0.15, 0.2) is 11.6 Å². The lowest BCUT2D eigenvalue weighted by molar-refractivity contribution is 0.0230. The van der Waals surface area contributed by atoms with Crippen molar-refractivity contribution in [3.63, 3.8) is 0 Å². The van der Waals surface area contributed by atoms with Gasteiger partial charge in [-0.15, -0.1) is 6.58 Å². The minimum Gasteiger partial charge on any atom is -0.493 e. The summed E-state index contributed by atoms with van der Waals surface area (Å²) in [6.45, 7) is 7.10. The van der Waals surface area contributed by atoms with Crippen LogP contribution in [-0.2, 0) is 11.3 Å².